The molecule has 0 spiro atoms. The number of fused-ring (bicyclic) bond motifs is 1. The maximum atomic E-state index is 10.7. The van der Waals surface area contributed by atoms with E-state index in [1.807, 2.05) is 6.92 Å². The molecule has 1 aliphatic carbocycles. The van der Waals surface area contributed by atoms with E-state index in [9.17, 15) is 4.79 Å². The van der Waals surface area contributed by atoms with Gasteiger partial charge in [0.2, 0.25) is 0 Å². The van der Waals surface area contributed by atoms with Crippen LogP contribution in [0.5, 0.6) is 0 Å². The van der Waals surface area contributed by atoms with Crippen LogP contribution in [-0.4, -0.2) is 21.0 Å². The van der Waals surface area contributed by atoms with Crippen molar-refractivity contribution < 1.29 is 9.90 Å². The predicted molar refractivity (Wildman–Crippen MR) is 57.5 cm³/mol. The minimum Gasteiger partial charge on any atom is -0.481 e. The number of aliphatic carboxylic acids is 1. The second kappa shape index (κ2) is 3.73. The molecule has 0 amide bonds. The number of H-pyrrole nitrogens is 1. The van der Waals surface area contributed by atoms with Crippen molar-refractivity contribution in [1.29, 1.82) is 0 Å². The van der Waals surface area contributed by atoms with Crippen LogP contribution in [0.1, 0.15) is 35.7 Å². The number of nitrogens with one attached hydrogen (secondary N) is 1. The standard InChI is InChI=1S/C10H12N2O2S/c1-5-9-6(4-8(13)14)2-3-7(9)12-10(15)11-5/h6H,2-4H2,1H3,(H,13,14)(H,11,12,15). The summed E-state index contributed by atoms with van der Waals surface area (Å²) >= 11 is 4.98. The molecule has 0 fully saturated rings. The molecule has 0 bridgehead atoms. The molecule has 1 aromatic rings. The van der Waals surface area contributed by atoms with Gasteiger partial charge in [-0.05, 0) is 43.5 Å². The van der Waals surface area contributed by atoms with Crippen molar-refractivity contribution in [3.63, 3.8) is 0 Å². The molecule has 2 N–H and O–H groups in total. The van der Waals surface area contributed by atoms with E-state index < -0.39 is 5.97 Å². The van der Waals surface area contributed by atoms with Crippen LogP contribution in [0.15, 0.2) is 0 Å². The Hall–Kier alpha value is -1.23. The first-order valence-electron chi connectivity index (χ1n) is 4.89. The SMILES string of the molecule is Cc1[nH]c(=S)nc2c1C(CC(=O)O)CC2. The van der Waals surface area contributed by atoms with Crippen molar-refractivity contribution in [3.05, 3.63) is 21.7 Å². The van der Waals surface area contributed by atoms with Gasteiger partial charge in [-0.15, -0.1) is 0 Å². The van der Waals surface area contributed by atoms with Crippen molar-refractivity contribution in [1.82, 2.24) is 9.97 Å². The van der Waals surface area contributed by atoms with E-state index in [4.69, 9.17) is 17.3 Å². The van der Waals surface area contributed by atoms with E-state index in [1.54, 1.807) is 0 Å². The number of aromatic amines is 1. The van der Waals surface area contributed by atoms with Crippen LogP contribution in [0.2, 0.25) is 0 Å². The maximum Gasteiger partial charge on any atom is 0.303 e. The van der Waals surface area contributed by atoms with Crippen molar-refractivity contribution in [2.75, 3.05) is 0 Å². The highest BCUT2D eigenvalue weighted by Gasteiger charge is 2.27. The average Bonchev–Trinajstić information content (AvgIpc) is 2.46. The molecule has 1 atom stereocenters. The van der Waals surface area contributed by atoms with Gasteiger partial charge in [-0.25, -0.2) is 4.98 Å². The Bertz CT molecular complexity index is 467. The molecule has 1 heterocycles. The zero-order chi connectivity index (χ0) is 11.0. The Morgan fingerprint density at radius 2 is 2.47 bits per heavy atom. The molecule has 5 heteroatoms. The van der Waals surface area contributed by atoms with E-state index in [-0.39, 0.29) is 12.3 Å². The lowest BCUT2D eigenvalue weighted by molar-refractivity contribution is -0.137. The van der Waals surface area contributed by atoms with Crippen LogP contribution in [0.4, 0.5) is 0 Å². The van der Waals surface area contributed by atoms with Crippen LogP contribution < -0.4 is 0 Å². The molecule has 1 aliphatic rings. The number of aryl methyl sites for hydroxylation is 2. The first kappa shape index (κ1) is 10.3. The number of aromatic nitrogens is 2. The fourth-order valence-electron chi connectivity index (χ4n) is 2.26. The highest BCUT2D eigenvalue weighted by Crippen LogP contribution is 2.35. The third-order valence-electron chi connectivity index (χ3n) is 2.80. The van der Waals surface area contributed by atoms with Gasteiger partial charge in [0, 0.05) is 11.4 Å². The zero-order valence-electron chi connectivity index (χ0n) is 8.41. The van der Waals surface area contributed by atoms with Crippen LogP contribution >= 0.6 is 12.2 Å². The molecular formula is C10H12N2O2S. The number of hydrogen-bond acceptors (Lipinski definition) is 3. The summed E-state index contributed by atoms with van der Waals surface area (Å²) < 4.78 is 0.488. The fraction of sp³-hybridized carbons (Fsp3) is 0.500. The smallest absolute Gasteiger partial charge is 0.303 e. The highest BCUT2D eigenvalue weighted by molar-refractivity contribution is 7.71. The number of carboxylic acid groups (broad SMARTS) is 1. The average molecular weight is 224 g/mol. The van der Waals surface area contributed by atoms with Gasteiger partial charge in [0.05, 0.1) is 6.42 Å². The number of nitrogens with zero attached hydrogens (tertiary/aromatic N) is 1. The van der Waals surface area contributed by atoms with Gasteiger partial charge in [0.1, 0.15) is 0 Å². The van der Waals surface area contributed by atoms with Crippen molar-refractivity contribution in [3.8, 4) is 0 Å². The Labute approximate surface area is 92.4 Å². The molecule has 1 aromatic heterocycles. The van der Waals surface area contributed by atoms with Gasteiger partial charge in [0.15, 0.2) is 4.77 Å². The lowest BCUT2D eigenvalue weighted by atomic mass is 9.98. The summed E-state index contributed by atoms with van der Waals surface area (Å²) in [5.74, 6) is -0.661. The van der Waals surface area contributed by atoms with Crippen molar-refractivity contribution >= 4 is 18.2 Å². The van der Waals surface area contributed by atoms with Crippen molar-refractivity contribution in [2.45, 2.75) is 32.1 Å². The van der Waals surface area contributed by atoms with Gasteiger partial charge in [-0.2, -0.15) is 0 Å². The molecule has 0 aromatic carbocycles. The fourth-order valence-corrected chi connectivity index (χ4v) is 2.52. The van der Waals surface area contributed by atoms with Crippen LogP contribution in [0, 0.1) is 11.7 Å². The largest absolute Gasteiger partial charge is 0.481 e. The highest BCUT2D eigenvalue weighted by atomic mass is 32.1. The first-order valence-corrected chi connectivity index (χ1v) is 5.30. The molecular weight excluding hydrogens is 212 g/mol. The van der Waals surface area contributed by atoms with E-state index in [0.717, 1.165) is 29.8 Å². The lowest BCUT2D eigenvalue weighted by Crippen LogP contribution is -2.06. The van der Waals surface area contributed by atoms with Gasteiger partial charge in [-0.3, -0.25) is 4.79 Å². The number of carbonyl (C=O) groups is 1. The molecule has 15 heavy (non-hydrogen) atoms. The number of rotatable bonds is 2. The minimum absolute atomic E-state index is 0.0943. The lowest BCUT2D eigenvalue weighted by Gasteiger charge is -2.10. The minimum atomic E-state index is -0.755. The molecule has 4 nitrogen and oxygen atoms in total. The monoisotopic (exact) mass is 224 g/mol. The van der Waals surface area contributed by atoms with E-state index in [0.29, 0.717) is 4.77 Å². The first-order chi connectivity index (χ1) is 7.08. The third-order valence-corrected chi connectivity index (χ3v) is 3.00. The van der Waals surface area contributed by atoms with E-state index >= 15 is 0 Å². The van der Waals surface area contributed by atoms with Crippen LogP contribution in [-0.2, 0) is 11.2 Å². The van der Waals surface area contributed by atoms with Gasteiger partial charge < -0.3 is 10.1 Å². The van der Waals surface area contributed by atoms with Crippen molar-refractivity contribution in [2.24, 2.45) is 0 Å². The Morgan fingerprint density at radius 3 is 3.13 bits per heavy atom. The molecule has 0 radical (unpaired) electrons. The summed E-state index contributed by atoms with van der Waals surface area (Å²) in [5, 5.41) is 8.79. The van der Waals surface area contributed by atoms with Gasteiger partial charge in [0.25, 0.3) is 0 Å². The molecule has 2 rings (SSSR count). The van der Waals surface area contributed by atoms with E-state index in [2.05, 4.69) is 9.97 Å². The number of hydrogen-bond donors (Lipinski definition) is 2. The second-order valence-electron chi connectivity index (χ2n) is 3.86. The Kier molecular flexibility index (Phi) is 2.56. The van der Waals surface area contributed by atoms with Gasteiger partial charge in [-0.1, -0.05) is 0 Å². The molecule has 80 valence electrons. The van der Waals surface area contributed by atoms with E-state index in [1.165, 1.54) is 0 Å². The Balaban J connectivity index is 2.42. The molecule has 0 aliphatic heterocycles. The summed E-state index contributed by atoms with van der Waals surface area (Å²) in [4.78, 5) is 17.9. The van der Waals surface area contributed by atoms with Crippen LogP contribution in [0.3, 0.4) is 0 Å². The Morgan fingerprint density at radius 1 is 1.73 bits per heavy atom. The second-order valence-corrected chi connectivity index (χ2v) is 4.25. The summed E-state index contributed by atoms with van der Waals surface area (Å²) in [5.41, 5.74) is 3.00. The predicted octanol–water partition coefficient (Wildman–Crippen LogP) is 1.95. The summed E-state index contributed by atoms with van der Waals surface area (Å²) in [6.45, 7) is 1.93. The summed E-state index contributed by atoms with van der Waals surface area (Å²) in [7, 11) is 0. The summed E-state index contributed by atoms with van der Waals surface area (Å²) in [6.07, 6.45) is 1.88. The quantitative estimate of drug-likeness (QED) is 0.753. The summed E-state index contributed by atoms with van der Waals surface area (Å²) in [6, 6.07) is 0. The maximum absolute atomic E-state index is 10.7. The molecule has 0 saturated heterocycles. The normalized spacial score (nSPS) is 18.9. The van der Waals surface area contributed by atoms with Crippen LogP contribution in [0.25, 0.3) is 0 Å². The zero-order valence-corrected chi connectivity index (χ0v) is 9.23. The molecule has 1 unspecified atom stereocenters. The topological polar surface area (TPSA) is 66.0 Å². The van der Waals surface area contributed by atoms with Gasteiger partial charge >= 0.3 is 5.97 Å². The third kappa shape index (κ3) is 1.92. The number of carboxylic acids is 1. The molecule has 0 saturated carbocycles.